The van der Waals surface area contributed by atoms with Crippen LogP contribution in [0, 0.1) is 0 Å². The van der Waals surface area contributed by atoms with Gasteiger partial charge in [0.25, 0.3) is 0 Å². The Bertz CT molecular complexity index is 767. The Labute approximate surface area is 160 Å². The van der Waals surface area contributed by atoms with Gasteiger partial charge in [-0.1, -0.05) is 30.3 Å². The van der Waals surface area contributed by atoms with Crippen LogP contribution in [0.4, 0.5) is 4.79 Å². The number of rotatable bonds is 7. The molecule has 0 heterocycles. The van der Waals surface area contributed by atoms with Crippen molar-refractivity contribution >= 4 is 6.09 Å². The van der Waals surface area contributed by atoms with E-state index in [0.717, 1.165) is 16.7 Å². The molecule has 2 N–H and O–H groups in total. The van der Waals surface area contributed by atoms with Gasteiger partial charge >= 0.3 is 6.09 Å². The molecule has 2 aromatic carbocycles. The zero-order valence-corrected chi connectivity index (χ0v) is 16.2. The number of ether oxygens (including phenoxy) is 3. The largest absolute Gasteiger partial charge is 0.493 e. The minimum atomic E-state index is -0.540. The van der Waals surface area contributed by atoms with Crippen molar-refractivity contribution in [1.82, 2.24) is 5.32 Å². The average Bonchev–Trinajstić information content (AvgIpc) is 2.63. The number of carbonyl (C=O) groups excluding carboxylic acids is 1. The molecule has 0 aliphatic carbocycles. The minimum Gasteiger partial charge on any atom is -0.493 e. The Morgan fingerprint density at radius 1 is 1.04 bits per heavy atom. The summed E-state index contributed by atoms with van der Waals surface area (Å²) in [5.74, 6) is 1.18. The topological polar surface area (TPSA) is 77.0 Å². The molecule has 2 aromatic rings. The number of alkyl carbamates (subject to hydrolysis) is 1. The second-order valence-electron chi connectivity index (χ2n) is 7.11. The van der Waals surface area contributed by atoms with Gasteiger partial charge < -0.3 is 24.6 Å². The molecule has 0 aliphatic rings. The summed E-state index contributed by atoms with van der Waals surface area (Å²) < 4.78 is 16.5. The lowest BCUT2D eigenvalue weighted by atomic mass is 10.1. The normalized spacial score (nSPS) is 11.0. The van der Waals surface area contributed by atoms with Crippen molar-refractivity contribution in [3.63, 3.8) is 0 Å². The van der Waals surface area contributed by atoms with Crippen molar-refractivity contribution in [2.45, 2.75) is 46.1 Å². The van der Waals surface area contributed by atoms with Crippen molar-refractivity contribution in [2.24, 2.45) is 0 Å². The number of nitrogens with one attached hydrogen (secondary N) is 1. The molecule has 0 unspecified atom stereocenters. The summed E-state index contributed by atoms with van der Waals surface area (Å²) in [6.07, 6.45) is -0.471. The zero-order valence-electron chi connectivity index (χ0n) is 16.2. The summed E-state index contributed by atoms with van der Waals surface area (Å²) in [5.41, 5.74) is 2.10. The quantitative estimate of drug-likeness (QED) is 0.772. The van der Waals surface area contributed by atoms with Gasteiger partial charge in [0.05, 0.1) is 13.7 Å². The highest BCUT2D eigenvalue weighted by molar-refractivity contribution is 5.67. The van der Waals surface area contributed by atoms with Gasteiger partial charge in [0.1, 0.15) is 12.2 Å². The summed E-state index contributed by atoms with van der Waals surface area (Å²) >= 11 is 0. The Morgan fingerprint density at radius 2 is 1.78 bits per heavy atom. The summed E-state index contributed by atoms with van der Waals surface area (Å²) in [4.78, 5) is 11.8. The number of hydrogen-bond donors (Lipinski definition) is 2. The third-order valence-electron chi connectivity index (χ3n) is 3.63. The van der Waals surface area contributed by atoms with Crippen LogP contribution >= 0.6 is 0 Å². The van der Waals surface area contributed by atoms with Gasteiger partial charge in [-0.3, -0.25) is 0 Å². The maximum absolute atomic E-state index is 11.8. The van der Waals surface area contributed by atoms with Crippen molar-refractivity contribution in [1.29, 1.82) is 0 Å². The highest BCUT2D eigenvalue weighted by Crippen LogP contribution is 2.29. The Balaban J connectivity index is 2.02. The number of aliphatic hydroxyl groups excluding tert-OH is 1. The van der Waals surface area contributed by atoms with Crippen LogP contribution in [0.15, 0.2) is 42.5 Å². The van der Waals surface area contributed by atoms with Gasteiger partial charge in [-0.05, 0) is 49.6 Å². The fraction of sp³-hybridized carbons (Fsp3) is 0.381. The fourth-order valence-corrected chi connectivity index (χ4v) is 2.41. The molecule has 0 aromatic heterocycles. The summed E-state index contributed by atoms with van der Waals surface area (Å²) in [7, 11) is 1.58. The summed E-state index contributed by atoms with van der Waals surface area (Å²) in [5, 5.41) is 12.0. The molecular formula is C21H27NO5. The molecule has 0 saturated carbocycles. The number of hydrogen-bond acceptors (Lipinski definition) is 5. The summed E-state index contributed by atoms with van der Waals surface area (Å²) in [6.45, 7) is 6.10. The molecule has 146 valence electrons. The van der Waals surface area contributed by atoms with Gasteiger partial charge in [-0.2, -0.15) is 0 Å². The molecule has 6 nitrogen and oxygen atoms in total. The third-order valence-corrected chi connectivity index (χ3v) is 3.63. The molecule has 0 spiro atoms. The van der Waals surface area contributed by atoms with E-state index in [0.29, 0.717) is 24.7 Å². The van der Waals surface area contributed by atoms with E-state index in [-0.39, 0.29) is 6.61 Å². The Hall–Kier alpha value is -2.73. The molecule has 0 bridgehead atoms. The first-order valence-corrected chi connectivity index (χ1v) is 8.76. The third kappa shape index (κ3) is 6.83. The highest BCUT2D eigenvalue weighted by Gasteiger charge is 2.16. The minimum absolute atomic E-state index is 0.0109. The summed E-state index contributed by atoms with van der Waals surface area (Å²) in [6, 6.07) is 13.0. The van der Waals surface area contributed by atoms with Crippen molar-refractivity contribution in [3.05, 3.63) is 59.2 Å². The van der Waals surface area contributed by atoms with Crippen LogP contribution in [0.3, 0.4) is 0 Å². The molecule has 1 amide bonds. The van der Waals surface area contributed by atoms with Crippen LogP contribution in [-0.4, -0.2) is 23.9 Å². The molecule has 0 radical (unpaired) electrons. The lowest BCUT2D eigenvalue weighted by Crippen LogP contribution is -2.32. The molecule has 0 aliphatic heterocycles. The number of benzene rings is 2. The number of aliphatic hydroxyl groups is 1. The van der Waals surface area contributed by atoms with Crippen LogP contribution in [-0.2, 0) is 24.5 Å². The van der Waals surface area contributed by atoms with E-state index in [2.05, 4.69) is 5.32 Å². The lowest BCUT2D eigenvalue weighted by molar-refractivity contribution is 0.0523. The first-order valence-electron chi connectivity index (χ1n) is 8.76. The maximum atomic E-state index is 11.8. The predicted octanol–water partition coefficient (Wildman–Crippen LogP) is 3.79. The Kier molecular flexibility index (Phi) is 7.07. The molecule has 6 heteroatoms. The van der Waals surface area contributed by atoms with Crippen molar-refractivity contribution in [2.75, 3.05) is 7.11 Å². The smallest absolute Gasteiger partial charge is 0.407 e. The average molecular weight is 373 g/mol. The number of amides is 1. The number of carbonyl (C=O) groups is 1. The van der Waals surface area contributed by atoms with Crippen LogP contribution in [0.1, 0.15) is 37.5 Å². The van der Waals surface area contributed by atoms with E-state index in [9.17, 15) is 9.90 Å². The van der Waals surface area contributed by atoms with Gasteiger partial charge in [-0.25, -0.2) is 4.79 Å². The van der Waals surface area contributed by atoms with E-state index in [1.807, 2.05) is 57.2 Å². The molecule has 0 atom stereocenters. The van der Waals surface area contributed by atoms with Crippen molar-refractivity contribution in [3.8, 4) is 11.5 Å². The number of methoxy groups -OCH3 is 1. The van der Waals surface area contributed by atoms with Gasteiger partial charge in [-0.15, -0.1) is 0 Å². The first kappa shape index (κ1) is 20.6. The van der Waals surface area contributed by atoms with E-state index < -0.39 is 11.7 Å². The van der Waals surface area contributed by atoms with E-state index in [1.54, 1.807) is 13.2 Å². The lowest BCUT2D eigenvalue weighted by Gasteiger charge is -2.20. The molecular weight excluding hydrogens is 346 g/mol. The monoisotopic (exact) mass is 373 g/mol. The first-order chi connectivity index (χ1) is 12.8. The second kappa shape index (κ2) is 9.28. The standard InChI is InChI=1S/C21H27NO5/c1-21(2,3)27-20(24)22-12-15-8-9-18(25-4)19(11-15)26-14-17-7-5-6-16(10-17)13-23/h5-11,23H,12-14H2,1-4H3,(H,22,24). The second-order valence-corrected chi connectivity index (χ2v) is 7.11. The van der Waals surface area contributed by atoms with Gasteiger partial charge in [0.15, 0.2) is 11.5 Å². The SMILES string of the molecule is COc1ccc(CNC(=O)OC(C)(C)C)cc1OCc1cccc(CO)c1. The van der Waals surface area contributed by atoms with Crippen LogP contribution < -0.4 is 14.8 Å². The zero-order chi connectivity index (χ0) is 19.9. The molecule has 2 rings (SSSR count). The van der Waals surface area contributed by atoms with Crippen molar-refractivity contribution < 1.29 is 24.1 Å². The van der Waals surface area contributed by atoms with E-state index >= 15 is 0 Å². The van der Waals surface area contributed by atoms with Crippen LogP contribution in [0.25, 0.3) is 0 Å². The Morgan fingerprint density at radius 3 is 2.44 bits per heavy atom. The van der Waals surface area contributed by atoms with Crippen LogP contribution in [0.5, 0.6) is 11.5 Å². The van der Waals surface area contributed by atoms with Gasteiger partial charge in [0, 0.05) is 6.54 Å². The van der Waals surface area contributed by atoms with E-state index in [1.165, 1.54) is 0 Å². The fourth-order valence-electron chi connectivity index (χ4n) is 2.41. The predicted molar refractivity (Wildman–Crippen MR) is 103 cm³/mol. The molecule has 0 saturated heterocycles. The maximum Gasteiger partial charge on any atom is 0.407 e. The van der Waals surface area contributed by atoms with E-state index in [4.69, 9.17) is 14.2 Å². The molecule has 27 heavy (non-hydrogen) atoms. The van der Waals surface area contributed by atoms with Crippen LogP contribution in [0.2, 0.25) is 0 Å². The van der Waals surface area contributed by atoms with Gasteiger partial charge in [0.2, 0.25) is 0 Å². The molecule has 0 fully saturated rings. The highest BCUT2D eigenvalue weighted by atomic mass is 16.6.